The second-order valence-electron chi connectivity index (χ2n) is 6.36. The molecule has 1 heterocycles. The Hall–Kier alpha value is -2.02. The number of nitriles is 1. The van der Waals surface area contributed by atoms with Crippen molar-refractivity contribution in [1.82, 2.24) is 0 Å². The quantitative estimate of drug-likeness (QED) is 0.855. The molecule has 21 heavy (non-hydrogen) atoms. The Morgan fingerprint density at radius 1 is 1.24 bits per heavy atom. The standard InChI is InChI=1S/C17H17NO3/c18-8-14(12-3-4-15-16(7-12)21-9-20-15)17(19)13-6-10-1-2-11(13)5-10/h3-4,7,10-11,13-14H,1-2,5-6,9H2. The zero-order valence-corrected chi connectivity index (χ0v) is 11.7. The summed E-state index contributed by atoms with van der Waals surface area (Å²) in [6.45, 7) is 0.205. The van der Waals surface area contributed by atoms with E-state index in [4.69, 9.17) is 9.47 Å². The van der Waals surface area contributed by atoms with Gasteiger partial charge in [-0.1, -0.05) is 12.5 Å². The van der Waals surface area contributed by atoms with Gasteiger partial charge in [-0.15, -0.1) is 0 Å². The fraction of sp³-hybridized carbons (Fsp3) is 0.529. The van der Waals surface area contributed by atoms with Crippen LogP contribution in [0.5, 0.6) is 11.5 Å². The first-order valence-corrected chi connectivity index (χ1v) is 7.59. The minimum Gasteiger partial charge on any atom is -0.454 e. The predicted molar refractivity (Wildman–Crippen MR) is 74.9 cm³/mol. The molecule has 1 aromatic rings. The number of rotatable bonds is 3. The molecule has 0 aromatic heterocycles. The highest BCUT2D eigenvalue weighted by atomic mass is 16.7. The van der Waals surface area contributed by atoms with Crippen molar-refractivity contribution in [2.45, 2.75) is 31.6 Å². The van der Waals surface area contributed by atoms with Crippen LogP contribution in [0.2, 0.25) is 0 Å². The minimum absolute atomic E-state index is 0.0822. The minimum atomic E-state index is -0.677. The zero-order valence-electron chi connectivity index (χ0n) is 11.7. The Kier molecular flexibility index (Phi) is 2.88. The van der Waals surface area contributed by atoms with Crippen molar-refractivity contribution in [3.8, 4) is 17.6 Å². The number of benzene rings is 1. The predicted octanol–water partition coefficient (Wildman–Crippen LogP) is 3.03. The number of hydrogen-bond acceptors (Lipinski definition) is 4. The number of fused-ring (bicyclic) bond motifs is 3. The Balaban J connectivity index is 1.60. The monoisotopic (exact) mass is 283 g/mol. The summed E-state index contributed by atoms with van der Waals surface area (Å²) in [6.07, 6.45) is 4.57. The second-order valence-corrected chi connectivity index (χ2v) is 6.36. The Bertz CT molecular complexity index is 633. The maximum Gasteiger partial charge on any atom is 0.231 e. The lowest BCUT2D eigenvalue weighted by atomic mass is 9.79. The van der Waals surface area contributed by atoms with Gasteiger partial charge in [0.15, 0.2) is 17.3 Å². The Morgan fingerprint density at radius 2 is 2.10 bits per heavy atom. The van der Waals surface area contributed by atoms with Gasteiger partial charge in [-0.3, -0.25) is 4.79 Å². The van der Waals surface area contributed by atoms with E-state index in [1.165, 1.54) is 12.8 Å². The zero-order chi connectivity index (χ0) is 14.4. The third-order valence-corrected chi connectivity index (χ3v) is 5.25. The smallest absolute Gasteiger partial charge is 0.231 e. The molecule has 108 valence electrons. The highest BCUT2D eigenvalue weighted by Crippen LogP contribution is 2.50. The number of Topliss-reactive ketones (excluding diaryl/α,β-unsaturated/α-hetero) is 1. The summed E-state index contributed by atoms with van der Waals surface area (Å²) in [4.78, 5) is 12.8. The molecule has 1 aromatic carbocycles. The van der Waals surface area contributed by atoms with Crippen LogP contribution in [-0.4, -0.2) is 12.6 Å². The molecule has 4 atom stereocenters. The van der Waals surface area contributed by atoms with Gasteiger partial charge in [-0.05, 0) is 48.8 Å². The van der Waals surface area contributed by atoms with Crippen molar-refractivity contribution >= 4 is 5.78 Å². The van der Waals surface area contributed by atoms with Gasteiger partial charge in [0.05, 0.1) is 6.07 Å². The van der Waals surface area contributed by atoms with Crippen LogP contribution in [0.15, 0.2) is 18.2 Å². The molecule has 0 saturated heterocycles. The van der Waals surface area contributed by atoms with Gasteiger partial charge in [0.2, 0.25) is 6.79 Å². The van der Waals surface area contributed by atoms with Crippen molar-refractivity contribution in [1.29, 1.82) is 5.26 Å². The highest BCUT2D eigenvalue weighted by molar-refractivity contribution is 5.91. The summed E-state index contributed by atoms with van der Waals surface area (Å²) < 4.78 is 10.6. The largest absolute Gasteiger partial charge is 0.454 e. The highest BCUT2D eigenvalue weighted by Gasteiger charge is 2.45. The third-order valence-electron chi connectivity index (χ3n) is 5.25. The van der Waals surface area contributed by atoms with Crippen LogP contribution < -0.4 is 9.47 Å². The van der Waals surface area contributed by atoms with Gasteiger partial charge in [-0.2, -0.15) is 5.26 Å². The van der Waals surface area contributed by atoms with Crippen LogP contribution in [-0.2, 0) is 4.79 Å². The molecule has 2 fully saturated rings. The number of hydrogen-bond donors (Lipinski definition) is 0. The molecular weight excluding hydrogens is 266 g/mol. The van der Waals surface area contributed by atoms with Gasteiger partial charge in [-0.25, -0.2) is 0 Å². The lowest BCUT2D eigenvalue weighted by Gasteiger charge is -2.22. The molecule has 2 bridgehead atoms. The van der Waals surface area contributed by atoms with Gasteiger partial charge in [0, 0.05) is 5.92 Å². The van der Waals surface area contributed by atoms with Crippen molar-refractivity contribution < 1.29 is 14.3 Å². The molecule has 4 unspecified atom stereocenters. The van der Waals surface area contributed by atoms with Crippen LogP contribution in [0.1, 0.15) is 37.2 Å². The maximum absolute atomic E-state index is 12.8. The number of carbonyl (C=O) groups excluding carboxylic acids is 1. The molecule has 4 rings (SSSR count). The van der Waals surface area contributed by atoms with Crippen LogP contribution >= 0.6 is 0 Å². The number of nitrogens with zero attached hydrogens (tertiary/aromatic N) is 1. The summed E-state index contributed by atoms with van der Waals surface area (Å²) in [7, 11) is 0. The molecule has 1 aliphatic heterocycles. The normalized spacial score (nSPS) is 30.1. The van der Waals surface area contributed by atoms with Gasteiger partial charge in [0.25, 0.3) is 0 Å². The Labute approximate surface area is 123 Å². The molecular formula is C17H17NO3. The summed E-state index contributed by atoms with van der Waals surface area (Å²) in [5.41, 5.74) is 0.731. The van der Waals surface area contributed by atoms with Crippen LogP contribution in [0.25, 0.3) is 0 Å². The lowest BCUT2D eigenvalue weighted by molar-refractivity contribution is -0.124. The average Bonchev–Trinajstić information content (AvgIpc) is 3.23. The van der Waals surface area contributed by atoms with Gasteiger partial charge >= 0.3 is 0 Å². The summed E-state index contributed by atoms with van der Waals surface area (Å²) in [5, 5.41) is 9.49. The maximum atomic E-state index is 12.8. The van der Waals surface area contributed by atoms with Crippen LogP contribution in [0.3, 0.4) is 0 Å². The van der Waals surface area contributed by atoms with Gasteiger partial charge < -0.3 is 9.47 Å². The molecule has 2 saturated carbocycles. The first-order chi connectivity index (χ1) is 10.3. The number of ether oxygens (including phenoxy) is 2. The third kappa shape index (κ3) is 1.99. The lowest BCUT2D eigenvalue weighted by Crippen LogP contribution is -2.26. The molecule has 0 spiro atoms. The first-order valence-electron chi connectivity index (χ1n) is 7.59. The second kappa shape index (κ2) is 4.77. The van der Waals surface area contributed by atoms with E-state index < -0.39 is 5.92 Å². The van der Waals surface area contributed by atoms with E-state index in [-0.39, 0.29) is 18.5 Å². The molecule has 0 radical (unpaired) electrons. The van der Waals surface area contributed by atoms with Crippen LogP contribution in [0.4, 0.5) is 0 Å². The molecule has 2 aliphatic carbocycles. The summed E-state index contributed by atoms with van der Waals surface area (Å²) in [5.74, 6) is 2.04. The molecule has 4 nitrogen and oxygen atoms in total. The first kappa shape index (κ1) is 12.7. The van der Waals surface area contributed by atoms with E-state index in [0.29, 0.717) is 23.3 Å². The van der Waals surface area contributed by atoms with E-state index in [0.717, 1.165) is 18.4 Å². The fourth-order valence-electron chi connectivity index (χ4n) is 4.20. The van der Waals surface area contributed by atoms with Gasteiger partial charge in [0.1, 0.15) is 5.92 Å². The molecule has 0 amide bonds. The van der Waals surface area contributed by atoms with E-state index in [2.05, 4.69) is 6.07 Å². The topological polar surface area (TPSA) is 59.3 Å². The van der Waals surface area contributed by atoms with Crippen molar-refractivity contribution in [2.75, 3.05) is 6.79 Å². The molecule has 0 N–H and O–H groups in total. The van der Waals surface area contributed by atoms with E-state index in [9.17, 15) is 10.1 Å². The van der Waals surface area contributed by atoms with E-state index in [1.807, 2.05) is 6.07 Å². The average molecular weight is 283 g/mol. The fourth-order valence-corrected chi connectivity index (χ4v) is 4.20. The van der Waals surface area contributed by atoms with Crippen molar-refractivity contribution in [3.63, 3.8) is 0 Å². The SMILES string of the molecule is N#CC(C(=O)C1CC2CCC1C2)c1ccc2c(c1)OCO2. The number of ketones is 1. The van der Waals surface area contributed by atoms with E-state index >= 15 is 0 Å². The summed E-state index contributed by atoms with van der Waals surface area (Å²) >= 11 is 0. The van der Waals surface area contributed by atoms with Crippen molar-refractivity contribution in [3.05, 3.63) is 23.8 Å². The summed E-state index contributed by atoms with van der Waals surface area (Å²) in [6, 6.07) is 7.58. The van der Waals surface area contributed by atoms with E-state index in [1.54, 1.807) is 12.1 Å². The number of carbonyl (C=O) groups is 1. The van der Waals surface area contributed by atoms with Crippen molar-refractivity contribution in [2.24, 2.45) is 17.8 Å². The Morgan fingerprint density at radius 3 is 2.81 bits per heavy atom. The molecule has 4 heteroatoms. The molecule has 3 aliphatic rings. The van der Waals surface area contributed by atoms with Crippen LogP contribution in [0, 0.1) is 29.1 Å².